The molecule has 2 aromatic rings. The fraction of sp³-hybridized carbons (Fsp3) is 0.200. The van der Waals surface area contributed by atoms with Gasteiger partial charge in [-0.25, -0.2) is 12.8 Å². The van der Waals surface area contributed by atoms with E-state index in [2.05, 4.69) is 0 Å². The molecule has 0 aliphatic rings. The van der Waals surface area contributed by atoms with Gasteiger partial charge >= 0.3 is 0 Å². The van der Waals surface area contributed by atoms with Crippen LogP contribution in [0.2, 0.25) is 0 Å². The zero-order chi connectivity index (χ0) is 14.8. The van der Waals surface area contributed by atoms with Crippen molar-refractivity contribution in [3.05, 3.63) is 65.5 Å². The van der Waals surface area contributed by atoms with Gasteiger partial charge < -0.3 is 5.73 Å². The Hall–Kier alpha value is -1.72. The number of halogens is 1. The molecular formula is C15H16FNO2S. The molecule has 0 bridgehead atoms. The van der Waals surface area contributed by atoms with Crippen LogP contribution in [0.5, 0.6) is 0 Å². The van der Waals surface area contributed by atoms with Crippen LogP contribution in [0.15, 0.2) is 53.4 Å². The molecule has 0 amide bonds. The molecule has 0 heterocycles. The van der Waals surface area contributed by atoms with E-state index in [-0.39, 0.29) is 11.4 Å². The van der Waals surface area contributed by atoms with Crippen molar-refractivity contribution in [3.8, 4) is 0 Å². The van der Waals surface area contributed by atoms with Crippen LogP contribution in [0.3, 0.4) is 0 Å². The van der Waals surface area contributed by atoms with Crippen LogP contribution in [-0.4, -0.2) is 15.0 Å². The average molecular weight is 293 g/mol. The van der Waals surface area contributed by atoms with Gasteiger partial charge in [-0.05, 0) is 36.8 Å². The average Bonchev–Trinajstić information content (AvgIpc) is 2.40. The van der Waals surface area contributed by atoms with E-state index in [9.17, 15) is 12.8 Å². The number of sulfone groups is 1. The molecule has 2 aromatic carbocycles. The normalized spacial score (nSPS) is 13.2. The summed E-state index contributed by atoms with van der Waals surface area (Å²) in [6.45, 7) is 1.78. The topological polar surface area (TPSA) is 60.2 Å². The van der Waals surface area contributed by atoms with Gasteiger partial charge in [0.2, 0.25) is 0 Å². The lowest BCUT2D eigenvalue weighted by atomic mass is 10.1. The van der Waals surface area contributed by atoms with Crippen LogP contribution in [-0.2, 0) is 9.84 Å². The summed E-state index contributed by atoms with van der Waals surface area (Å²) >= 11 is 0. The minimum Gasteiger partial charge on any atom is -0.329 e. The minimum atomic E-state index is -3.63. The first-order chi connectivity index (χ1) is 9.45. The van der Waals surface area contributed by atoms with Crippen molar-refractivity contribution in [1.82, 2.24) is 0 Å². The van der Waals surface area contributed by atoms with Gasteiger partial charge in [-0.1, -0.05) is 29.8 Å². The maximum atomic E-state index is 13.3. The van der Waals surface area contributed by atoms with Crippen LogP contribution < -0.4 is 5.73 Å². The highest BCUT2D eigenvalue weighted by molar-refractivity contribution is 7.91. The van der Waals surface area contributed by atoms with Crippen molar-refractivity contribution in [1.29, 1.82) is 0 Å². The first-order valence-corrected chi connectivity index (χ1v) is 7.76. The molecule has 0 radical (unpaired) electrons. The lowest BCUT2D eigenvalue weighted by Gasteiger charge is -2.16. The Balaban J connectivity index is 2.47. The quantitative estimate of drug-likeness (QED) is 0.942. The second-order valence-corrected chi connectivity index (χ2v) is 6.77. The number of aryl methyl sites for hydroxylation is 1. The lowest BCUT2D eigenvalue weighted by molar-refractivity contribution is 0.581. The molecule has 0 aromatic heterocycles. The predicted octanol–water partition coefficient (Wildman–Crippen LogP) is 2.61. The van der Waals surface area contributed by atoms with E-state index in [1.807, 2.05) is 6.92 Å². The third-order valence-electron chi connectivity index (χ3n) is 3.16. The standard InChI is InChI=1S/C15H16FNO2S/c1-11-5-7-14(8-6-11)20(18,19)15(10-17)12-3-2-4-13(16)9-12/h2-9,15H,10,17H2,1H3. The van der Waals surface area contributed by atoms with Crippen LogP contribution in [0.25, 0.3) is 0 Å². The molecule has 2 N–H and O–H groups in total. The maximum absolute atomic E-state index is 13.3. The first kappa shape index (κ1) is 14.7. The van der Waals surface area contributed by atoms with Gasteiger partial charge in [0, 0.05) is 6.54 Å². The van der Waals surface area contributed by atoms with Crippen LogP contribution in [0.4, 0.5) is 4.39 Å². The van der Waals surface area contributed by atoms with E-state index in [0.717, 1.165) is 5.56 Å². The second kappa shape index (κ2) is 5.73. The van der Waals surface area contributed by atoms with E-state index in [4.69, 9.17) is 5.73 Å². The van der Waals surface area contributed by atoms with Gasteiger partial charge in [-0.3, -0.25) is 0 Å². The van der Waals surface area contributed by atoms with Crippen molar-refractivity contribution >= 4 is 9.84 Å². The fourth-order valence-electron chi connectivity index (χ4n) is 2.04. The maximum Gasteiger partial charge on any atom is 0.186 e. The van der Waals surface area contributed by atoms with Crippen molar-refractivity contribution < 1.29 is 12.8 Å². The number of nitrogens with two attached hydrogens (primary N) is 1. The minimum absolute atomic E-state index is 0.0976. The molecule has 20 heavy (non-hydrogen) atoms. The molecule has 1 unspecified atom stereocenters. The van der Waals surface area contributed by atoms with Gasteiger partial charge in [0.1, 0.15) is 11.1 Å². The Morgan fingerprint density at radius 1 is 1.15 bits per heavy atom. The predicted molar refractivity (Wildman–Crippen MR) is 76.6 cm³/mol. The van der Waals surface area contributed by atoms with E-state index in [1.54, 1.807) is 30.3 Å². The summed E-state index contributed by atoms with van der Waals surface area (Å²) in [4.78, 5) is 0.197. The zero-order valence-corrected chi connectivity index (χ0v) is 11.9. The number of hydrogen-bond acceptors (Lipinski definition) is 3. The van der Waals surface area contributed by atoms with E-state index < -0.39 is 20.9 Å². The van der Waals surface area contributed by atoms with E-state index in [0.29, 0.717) is 5.56 Å². The Morgan fingerprint density at radius 3 is 2.35 bits per heavy atom. The SMILES string of the molecule is Cc1ccc(S(=O)(=O)C(CN)c2cccc(F)c2)cc1. The highest BCUT2D eigenvalue weighted by Crippen LogP contribution is 2.28. The van der Waals surface area contributed by atoms with E-state index in [1.165, 1.54) is 18.2 Å². The Kier molecular flexibility index (Phi) is 4.20. The monoisotopic (exact) mass is 293 g/mol. The summed E-state index contributed by atoms with van der Waals surface area (Å²) in [6, 6.07) is 12.1. The first-order valence-electron chi connectivity index (χ1n) is 6.21. The summed E-state index contributed by atoms with van der Waals surface area (Å²) in [5.41, 5.74) is 6.95. The van der Waals surface area contributed by atoms with Crippen LogP contribution in [0, 0.1) is 12.7 Å². The molecule has 0 aliphatic carbocycles. The second-order valence-electron chi connectivity index (χ2n) is 4.64. The Morgan fingerprint density at radius 2 is 1.80 bits per heavy atom. The molecule has 3 nitrogen and oxygen atoms in total. The highest BCUT2D eigenvalue weighted by atomic mass is 32.2. The summed E-state index contributed by atoms with van der Waals surface area (Å²) < 4.78 is 38.4. The number of hydrogen-bond donors (Lipinski definition) is 1. The van der Waals surface area contributed by atoms with E-state index >= 15 is 0 Å². The fourth-order valence-corrected chi connectivity index (χ4v) is 3.64. The molecule has 2 rings (SSSR count). The Labute approximate surface area is 118 Å². The summed E-state index contributed by atoms with van der Waals surface area (Å²) in [5, 5.41) is -0.944. The highest BCUT2D eigenvalue weighted by Gasteiger charge is 2.28. The molecule has 0 aliphatic heterocycles. The number of rotatable bonds is 4. The molecule has 0 saturated carbocycles. The molecule has 5 heteroatoms. The van der Waals surface area contributed by atoms with Crippen molar-refractivity contribution in [3.63, 3.8) is 0 Å². The van der Waals surface area contributed by atoms with Crippen molar-refractivity contribution in [2.45, 2.75) is 17.1 Å². The third-order valence-corrected chi connectivity index (χ3v) is 5.30. The van der Waals surface area contributed by atoms with Gasteiger partial charge in [0.15, 0.2) is 9.84 Å². The third kappa shape index (κ3) is 2.89. The van der Waals surface area contributed by atoms with Gasteiger partial charge in [0.05, 0.1) is 4.90 Å². The summed E-state index contributed by atoms with van der Waals surface area (Å²) in [6.07, 6.45) is 0. The largest absolute Gasteiger partial charge is 0.329 e. The summed E-state index contributed by atoms with van der Waals surface area (Å²) in [5.74, 6) is -0.472. The van der Waals surface area contributed by atoms with Crippen molar-refractivity contribution in [2.75, 3.05) is 6.54 Å². The van der Waals surface area contributed by atoms with Crippen LogP contribution in [0.1, 0.15) is 16.4 Å². The van der Waals surface area contributed by atoms with Gasteiger partial charge in [-0.15, -0.1) is 0 Å². The molecule has 0 saturated heterocycles. The lowest BCUT2D eigenvalue weighted by Crippen LogP contribution is -2.22. The Bertz CT molecular complexity index is 696. The van der Waals surface area contributed by atoms with Crippen LogP contribution >= 0.6 is 0 Å². The summed E-state index contributed by atoms with van der Waals surface area (Å²) in [7, 11) is -3.63. The number of benzene rings is 2. The molecule has 0 fully saturated rings. The molecule has 0 spiro atoms. The molecule has 106 valence electrons. The smallest absolute Gasteiger partial charge is 0.186 e. The molecular weight excluding hydrogens is 277 g/mol. The van der Waals surface area contributed by atoms with Crippen molar-refractivity contribution in [2.24, 2.45) is 5.73 Å². The zero-order valence-electron chi connectivity index (χ0n) is 11.1. The van der Waals surface area contributed by atoms with Gasteiger partial charge in [0.25, 0.3) is 0 Å². The van der Waals surface area contributed by atoms with Gasteiger partial charge in [-0.2, -0.15) is 0 Å². The molecule has 1 atom stereocenters.